The number of rotatable bonds is 4. The molecule has 1 N–H and O–H groups in total. The van der Waals surface area contributed by atoms with Crippen molar-refractivity contribution >= 4 is 11.8 Å². The minimum Gasteiger partial charge on any atom is -0.481 e. The molecule has 1 rings (SSSR count). The van der Waals surface area contributed by atoms with Crippen molar-refractivity contribution in [2.45, 2.75) is 52.4 Å². The second-order valence-corrected chi connectivity index (χ2v) is 4.52. The standard InChI is InChI=1S/C12H20O3/c1-3-10(13)12(4-2)7-5-9(6-8-12)11(14)15/h9H,3-8H2,1-2H3,(H,14,15)/t9-,12-. The van der Waals surface area contributed by atoms with Crippen molar-refractivity contribution in [3.8, 4) is 0 Å². The number of carbonyl (C=O) groups excluding carboxylic acids is 1. The van der Waals surface area contributed by atoms with E-state index in [0.29, 0.717) is 25.0 Å². The average Bonchev–Trinajstić information content (AvgIpc) is 2.27. The van der Waals surface area contributed by atoms with Crippen LogP contribution in [0.5, 0.6) is 0 Å². The van der Waals surface area contributed by atoms with Gasteiger partial charge in [0.05, 0.1) is 5.92 Å². The summed E-state index contributed by atoms with van der Waals surface area (Å²) in [4.78, 5) is 22.7. The Morgan fingerprint density at radius 3 is 2.13 bits per heavy atom. The number of carbonyl (C=O) groups is 2. The van der Waals surface area contributed by atoms with Gasteiger partial charge in [-0.1, -0.05) is 13.8 Å². The molecule has 0 heterocycles. The smallest absolute Gasteiger partial charge is 0.306 e. The zero-order valence-electron chi connectivity index (χ0n) is 9.58. The Hall–Kier alpha value is -0.860. The zero-order chi connectivity index (χ0) is 11.5. The molecule has 0 spiro atoms. The van der Waals surface area contributed by atoms with Crippen LogP contribution in [0.25, 0.3) is 0 Å². The van der Waals surface area contributed by atoms with Crippen LogP contribution in [-0.4, -0.2) is 16.9 Å². The Bertz CT molecular complexity index is 250. The van der Waals surface area contributed by atoms with Gasteiger partial charge in [0.2, 0.25) is 0 Å². The Balaban J connectivity index is 2.66. The molecule has 1 aliphatic rings. The molecule has 0 bridgehead atoms. The number of aliphatic carboxylic acids is 1. The third-order valence-electron chi connectivity index (χ3n) is 3.88. The van der Waals surface area contributed by atoms with Crippen molar-refractivity contribution in [1.82, 2.24) is 0 Å². The predicted octanol–water partition coefficient (Wildman–Crippen LogP) is 2.64. The van der Waals surface area contributed by atoms with Crippen LogP contribution in [0.4, 0.5) is 0 Å². The van der Waals surface area contributed by atoms with Crippen LogP contribution in [0.3, 0.4) is 0 Å². The topological polar surface area (TPSA) is 54.4 Å². The lowest BCUT2D eigenvalue weighted by Gasteiger charge is -2.37. The molecule has 0 saturated heterocycles. The van der Waals surface area contributed by atoms with Crippen LogP contribution in [0.2, 0.25) is 0 Å². The molecule has 0 aromatic heterocycles. The van der Waals surface area contributed by atoms with Crippen LogP contribution in [0, 0.1) is 11.3 Å². The van der Waals surface area contributed by atoms with Gasteiger partial charge >= 0.3 is 5.97 Å². The number of carboxylic acids is 1. The summed E-state index contributed by atoms with van der Waals surface area (Å²) >= 11 is 0. The van der Waals surface area contributed by atoms with Crippen LogP contribution in [0.1, 0.15) is 52.4 Å². The Morgan fingerprint density at radius 2 is 1.80 bits per heavy atom. The van der Waals surface area contributed by atoms with E-state index in [9.17, 15) is 9.59 Å². The number of hydrogen-bond donors (Lipinski definition) is 1. The van der Waals surface area contributed by atoms with Gasteiger partial charge in [-0.2, -0.15) is 0 Å². The Labute approximate surface area is 90.9 Å². The first kappa shape index (κ1) is 12.2. The summed E-state index contributed by atoms with van der Waals surface area (Å²) in [7, 11) is 0. The van der Waals surface area contributed by atoms with Crippen LogP contribution in [-0.2, 0) is 9.59 Å². The van der Waals surface area contributed by atoms with Crippen molar-refractivity contribution < 1.29 is 14.7 Å². The fraction of sp³-hybridized carbons (Fsp3) is 0.833. The SMILES string of the molecule is CCC(=O)[C@]1(CC)CC[C@@H](C(=O)O)CC1. The Morgan fingerprint density at radius 1 is 1.27 bits per heavy atom. The van der Waals surface area contributed by atoms with Crippen molar-refractivity contribution in [2.75, 3.05) is 0 Å². The van der Waals surface area contributed by atoms with Gasteiger partial charge in [0, 0.05) is 11.8 Å². The maximum Gasteiger partial charge on any atom is 0.306 e. The molecule has 0 aromatic carbocycles. The fourth-order valence-corrected chi connectivity index (χ4v) is 2.62. The molecule has 0 atom stereocenters. The normalized spacial score (nSPS) is 31.2. The summed E-state index contributed by atoms with van der Waals surface area (Å²) in [5.74, 6) is -0.619. The molecule has 0 unspecified atom stereocenters. The molecule has 0 amide bonds. The highest BCUT2D eigenvalue weighted by atomic mass is 16.4. The van der Waals surface area contributed by atoms with Crippen molar-refractivity contribution in [3.05, 3.63) is 0 Å². The molecular weight excluding hydrogens is 192 g/mol. The third kappa shape index (κ3) is 2.39. The lowest BCUT2D eigenvalue weighted by molar-refractivity contribution is -0.145. The summed E-state index contributed by atoms with van der Waals surface area (Å²) < 4.78 is 0. The zero-order valence-corrected chi connectivity index (χ0v) is 9.58. The lowest BCUT2D eigenvalue weighted by Crippen LogP contribution is -2.36. The first-order valence-electron chi connectivity index (χ1n) is 5.82. The van der Waals surface area contributed by atoms with Crippen LogP contribution in [0.15, 0.2) is 0 Å². The van der Waals surface area contributed by atoms with E-state index in [1.807, 2.05) is 13.8 Å². The highest BCUT2D eigenvalue weighted by Crippen LogP contribution is 2.42. The van der Waals surface area contributed by atoms with E-state index in [1.54, 1.807) is 0 Å². The van der Waals surface area contributed by atoms with Crippen molar-refractivity contribution in [3.63, 3.8) is 0 Å². The van der Waals surface area contributed by atoms with E-state index < -0.39 is 5.97 Å². The molecular formula is C12H20O3. The van der Waals surface area contributed by atoms with Gasteiger partial charge in [-0.15, -0.1) is 0 Å². The number of hydrogen-bond acceptors (Lipinski definition) is 2. The molecule has 0 aliphatic heterocycles. The highest BCUT2D eigenvalue weighted by molar-refractivity contribution is 5.85. The highest BCUT2D eigenvalue weighted by Gasteiger charge is 2.40. The Kier molecular flexibility index (Phi) is 3.89. The molecule has 86 valence electrons. The maximum atomic E-state index is 11.8. The summed E-state index contributed by atoms with van der Waals surface area (Å²) in [6.45, 7) is 3.93. The minimum absolute atomic E-state index is 0.208. The molecule has 1 fully saturated rings. The van der Waals surface area contributed by atoms with E-state index in [-0.39, 0.29) is 11.3 Å². The van der Waals surface area contributed by atoms with Crippen LogP contribution >= 0.6 is 0 Å². The summed E-state index contributed by atoms with van der Waals surface area (Å²) in [5, 5.41) is 8.89. The molecule has 15 heavy (non-hydrogen) atoms. The van der Waals surface area contributed by atoms with Gasteiger partial charge < -0.3 is 5.11 Å². The summed E-state index contributed by atoms with van der Waals surface area (Å²) in [6, 6.07) is 0. The second kappa shape index (κ2) is 4.77. The average molecular weight is 212 g/mol. The lowest BCUT2D eigenvalue weighted by atomic mass is 9.66. The van der Waals surface area contributed by atoms with Gasteiger partial charge in [-0.25, -0.2) is 0 Å². The molecule has 1 saturated carbocycles. The largest absolute Gasteiger partial charge is 0.481 e. The maximum absolute atomic E-state index is 11.8. The molecule has 3 heteroatoms. The van der Waals surface area contributed by atoms with E-state index in [2.05, 4.69) is 0 Å². The minimum atomic E-state index is -0.705. The fourth-order valence-electron chi connectivity index (χ4n) is 2.62. The molecule has 1 aliphatic carbocycles. The first-order chi connectivity index (χ1) is 7.05. The van der Waals surface area contributed by atoms with E-state index in [0.717, 1.165) is 19.3 Å². The quantitative estimate of drug-likeness (QED) is 0.779. The third-order valence-corrected chi connectivity index (χ3v) is 3.88. The van der Waals surface area contributed by atoms with Crippen molar-refractivity contribution in [1.29, 1.82) is 0 Å². The molecule has 3 nitrogen and oxygen atoms in total. The van der Waals surface area contributed by atoms with E-state index in [1.165, 1.54) is 0 Å². The van der Waals surface area contributed by atoms with E-state index >= 15 is 0 Å². The predicted molar refractivity (Wildman–Crippen MR) is 57.6 cm³/mol. The van der Waals surface area contributed by atoms with Crippen molar-refractivity contribution in [2.24, 2.45) is 11.3 Å². The summed E-state index contributed by atoms with van der Waals surface area (Å²) in [6.07, 6.45) is 4.27. The number of ketones is 1. The number of Topliss-reactive ketones (excluding diaryl/α,β-unsaturated/α-hetero) is 1. The van der Waals surface area contributed by atoms with Gasteiger partial charge in [0.25, 0.3) is 0 Å². The van der Waals surface area contributed by atoms with E-state index in [4.69, 9.17) is 5.11 Å². The van der Waals surface area contributed by atoms with Gasteiger partial charge in [-0.05, 0) is 32.1 Å². The summed E-state index contributed by atoms with van der Waals surface area (Å²) in [5.41, 5.74) is -0.208. The van der Waals surface area contributed by atoms with Crippen LogP contribution < -0.4 is 0 Å². The second-order valence-electron chi connectivity index (χ2n) is 4.52. The van der Waals surface area contributed by atoms with Gasteiger partial charge in [0.15, 0.2) is 0 Å². The number of carboxylic acid groups (broad SMARTS) is 1. The molecule has 0 aromatic rings. The van der Waals surface area contributed by atoms with Gasteiger partial charge in [-0.3, -0.25) is 9.59 Å². The molecule has 0 radical (unpaired) electrons. The first-order valence-corrected chi connectivity index (χ1v) is 5.82. The van der Waals surface area contributed by atoms with Gasteiger partial charge in [0.1, 0.15) is 5.78 Å². The monoisotopic (exact) mass is 212 g/mol.